The molecule has 1 aromatic carbocycles. The molecule has 0 aliphatic carbocycles. The van der Waals surface area contributed by atoms with Gasteiger partial charge in [-0.1, -0.05) is 26.8 Å². The van der Waals surface area contributed by atoms with Crippen LogP contribution in [-0.2, 0) is 10.0 Å². The van der Waals surface area contributed by atoms with Crippen LogP contribution in [0, 0.1) is 12.3 Å². The number of rotatable bonds is 3. The quantitative estimate of drug-likeness (QED) is 0.891. The molecular weight excluding hydrogens is 276 g/mol. The van der Waals surface area contributed by atoms with Crippen LogP contribution in [0.25, 0.3) is 0 Å². The lowest BCUT2D eigenvalue weighted by molar-refractivity contribution is 0.0910. The Morgan fingerprint density at radius 3 is 2.30 bits per heavy atom. The van der Waals surface area contributed by atoms with Gasteiger partial charge < -0.3 is 5.32 Å². The number of primary sulfonamides is 1. The van der Waals surface area contributed by atoms with E-state index >= 15 is 0 Å². The molecule has 0 saturated heterocycles. The van der Waals surface area contributed by atoms with E-state index in [1.165, 1.54) is 6.07 Å². The maximum atomic E-state index is 12.1. The van der Waals surface area contributed by atoms with E-state index in [9.17, 15) is 13.2 Å². The second-order valence-electron chi connectivity index (χ2n) is 6.09. The Balaban J connectivity index is 3.08. The molecule has 1 unspecified atom stereocenters. The zero-order chi connectivity index (χ0) is 15.7. The third-order valence-corrected chi connectivity index (χ3v) is 4.46. The van der Waals surface area contributed by atoms with Gasteiger partial charge in [0.15, 0.2) is 0 Å². The first-order valence-corrected chi connectivity index (χ1v) is 7.92. The van der Waals surface area contributed by atoms with Gasteiger partial charge >= 0.3 is 0 Å². The summed E-state index contributed by atoms with van der Waals surface area (Å²) in [7, 11) is -3.83. The third-order valence-electron chi connectivity index (χ3n) is 3.40. The summed E-state index contributed by atoms with van der Waals surface area (Å²) in [5, 5.41) is 8.00. The minimum Gasteiger partial charge on any atom is -0.349 e. The molecule has 0 saturated carbocycles. The Morgan fingerprint density at radius 1 is 1.30 bits per heavy atom. The summed E-state index contributed by atoms with van der Waals surface area (Å²) in [5.74, 6) is -0.308. The van der Waals surface area contributed by atoms with Crippen LogP contribution in [0.3, 0.4) is 0 Å². The van der Waals surface area contributed by atoms with Gasteiger partial charge in [-0.15, -0.1) is 0 Å². The smallest absolute Gasteiger partial charge is 0.251 e. The van der Waals surface area contributed by atoms with Crippen LogP contribution in [0.15, 0.2) is 23.1 Å². The molecule has 0 spiro atoms. The summed E-state index contributed by atoms with van der Waals surface area (Å²) in [5.41, 5.74) is 0.729. The van der Waals surface area contributed by atoms with Gasteiger partial charge in [0.1, 0.15) is 0 Å². The van der Waals surface area contributed by atoms with Gasteiger partial charge in [0.2, 0.25) is 10.0 Å². The largest absolute Gasteiger partial charge is 0.349 e. The van der Waals surface area contributed by atoms with Crippen molar-refractivity contribution >= 4 is 15.9 Å². The van der Waals surface area contributed by atoms with Crippen molar-refractivity contribution in [1.29, 1.82) is 0 Å². The third kappa shape index (κ3) is 4.05. The molecule has 6 heteroatoms. The van der Waals surface area contributed by atoms with Crippen LogP contribution >= 0.6 is 0 Å². The van der Waals surface area contributed by atoms with Crippen molar-refractivity contribution in [3.05, 3.63) is 29.3 Å². The van der Waals surface area contributed by atoms with Crippen LogP contribution in [-0.4, -0.2) is 20.4 Å². The Morgan fingerprint density at radius 2 is 1.85 bits per heavy atom. The molecular formula is C14H22N2O3S. The van der Waals surface area contributed by atoms with Crippen molar-refractivity contribution < 1.29 is 13.2 Å². The fraction of sp³-hybridized carbons (Fsp3) is 0.500. The fourth-order valence-electron chi connectivity index (χ4n) is 1.54. The lowest BCUT2D eigenvalue weighted by atomic mass is 9.88. The highest BCUT2D eigenvalue weighted by Crippen LogP contribution is 2.20. The summed E-state index contributed by atoms with van der Waals surface area (Å²) in [6.45, 7) is 9.60. The zero-order valence-corrected chi connectivity index (χ0v) is 13.3. The van der Waals surface area contributed by atoms with E-state index in [0.29, 0.717) is 5.56 Å². The SMILES string of the molecule is Cc1ccc(C(=O)NC(C)C(C)(C)C)cc1S(N)(=O)=O. The van der Waals surface area contributed by atoms with E-state index in [4.69, 9.17) is 5.14 Å². The molecule has 0 radical (unpaired) electrons. The van der Waals surface area contributed by atoms with E-state index < -0.39 is 10.0 Å². The fourth-order valence-corrected chi connectivity index (χ4v) is 2.35. The van der Waals surface area contributed by atoms with Crippen molar-refractivity contribution in [3.8, 4) is 0 Å². The minimum absolute atomic E-state index is 0.0199. The van der Waals surface area contributed by atoms with E-state index in [1.807, 2.05) is 27.7 Å². The Bertz CT molecular complexity index is 616. The van der Waals surface area contributed by atoms with Crippen LogP contribution in [0.2, 0.25) is 0 Å². The van der Waals surface area contributed by atoms with Crippen LogP contribution in [0.5, 0.6) is 0 Å². The molecule has 0 aliphatic rings. The molecule has 0 bridgehead atoms. The number of carbonyl (C=O) groups is 1. The summed E-state index contributed by atoms with van der Waals surface area (Å²) >= 11 is 0. The minimum atomic E-state index is -3.83. The van der Waals surface area contributed by atoms with E-state index in [-0.39, 0.29) is 27.8 Å². The molecule has 20 heavy (non-hydrogen) atoms. The number of aryl methyl sites for hydroxylation is 1. The van der Waals surface area contributed by atoms with Crippen molar-refractivity contribution in [2.24, 2.45) is 10.6 Å². The van der Waals surface area contributed by atoms with Crippen molar-refractivity contribution in [2.75, 3.05) is 0 Å². The molecule has 5 nitrogen and oxygen atoms in total. The summed E-state index contributed by atoms with van der Waals surface area (Å²) in [4.78, 5) is 12.1. The van der Waals surface area contributed by atoms with E-state index in [1.54, 1.807) is 19.1 Å². The number of nitrogens with one attached hydrogen (secondary N) is 1. The average molecular weight is 298 g/mol. The van der Waals surface area contributed by atoms with Crippen molar-refractivity contribution in [2.45, 2.75) is 45.6 Å². The zero-order valence-electron chi connectivity index (χ0n) is 12.5. The first kappa shape index (κ1) is 16.7. The standard InChI is InChI=1S/C14H22N2O3S/c1-9-6-7-11(8-12(9)20(15,18)19)13(17)16-10(2)14(3,4)5/h6-8,10H,1-5H3,(H,16,17)(H2,15,18,19). The van der Waals surface area contributed by atoms with Crippen LogP contribution in [0.1, 0.15) is 43.6 Å². The first-order chi connectivity index (χ1) is 8.93. The topological polar surface area (TPSA) is 89.3 Å². The number of carbonyl (C=O) groups excluding carboxylic acids is 1. The van der Waals surface area contributed by atoms with Gasteiger partial charge in [0.25, 0.3) is 5.91 Å². The van der Waals surface area contributed by atoms with E-state index in [0.717, 1.165) is 0 Å². The molecule has 0 aromatic heterocycles. The van der Waals surface area contributed by atoms with Crippen LogP contribution in [0.4, 0.5) is 0 Å². The number of benzene rings is 1. The Hall–Kier alpha value is -1.40. The predicted octanol–water partition coefficient (Wildman–Crippen LogP) is 1.81. The van der Waals surface area contributed by atoms with Gasteiger partial charge in [-0.25, -0.2) is 13.6 Å². The van der Waals surface area contributed by atoms with Gasteiger partial charge in [-0.05, 0) is 37.0 Å². The van der Waals surface area contributed by atoms with Crippen LogP contribution < -0.4 is 10.5 Å². The number of hydrogen-bond donors (Lipinski definition) is 2. The molecule has 0 heterocycles. The maximum Gasteiger partial charge on any atom is 0.251 e. The first-order valence-electron chi connectivity index (χ1n) is 6.37. The molecule has 0 aliphatic heterocycles. The monoisotopic (exact) mass is 298 g/mol. The van der Waals surface area contributed by atoms with Gasteiger partial charge in [0.05, 0.1) is 4.90 Å². The second kappa shape index (κ2) is 5.54. The predicted molar refractivity (Wildman–Crippen MR) is 78.9 cm³/mol. The number of sulfonamides is 1. The van der Waals surface area contributed by atoms with Gasteiger partial charge in [-0.2, -0.15) is 0 Å². The summed E-state index contributed by atoms with van der Waals surface area (Å²) < 4.78 is 22.9. The van der Waals surface area contributed by atoms with Gasteiger partial charge in [-0.3, -0.25) is 4.79 Å². The summed E-state index contributed by atoms with van der Waals surface area (Å²) in [6, 6.07) is 4.44. The lowest BCUT2D eigenvalue weighted by Gasteiger charge is -2.28. The average Bonchev–Trinajstić information content (AvgIpc) is 2.26. The normalized spacial score (nSPS) is 13.9. The molecule has 0 fully saturated rings. The maximum absolute atomic E-state index is 12.1. The van der Waals surface area contributed by atoms with Gasteiger partial charge in [0, 0.05) is 11.6 Å². The molecule has 1 amide bonds. The van der Waals surface area contributed by atoms with Crippen molar-refractivity contribution in [1.82, 2.24) is 5.32 Å². The number of nitrogens with two attached hydrogens (primary N) is 1. The van der Waals surface area contributed by atoms with Crippen molar-refractivity contribution in [3.63, 3.8) is 0 Å². The molecule has 1 atom stereocenters. The molecule has 1 aromatic rings. The number of hydrogen-bond acceptors (Lipinski definition) is 3. The molecule has 3 N–H and O–H groups in total. The highest BCUT2D eigenvalue weighted by atomic mass is 32.2. The highest BCUT2D eigenvalue weighted by molar-refractivity contribution is 7.89. The molecule has 1 rings (SSSR count). The summed E-state index contributed by atoms with van der Waals surface area (Å²) in [6.07, 6.45) is 0. The Kier molecular flexibility index (Phi) is 4.61. The van der Waals surface area contributed by atoms with E-state index in [2.05, 4.69) is 5.32 Å². The Labute approximate surface area is 120 Å². The second-order valence-corrected chi connectivity index (χ2v) is 7.62. The number of amides is 1. The lowest BCUT2D eigenvalue weighted by Crippen LogP contribution is -2.41. The molecule has 112 valence electrons. The highest BCUT2D eigenvalue weighted by Gasteiger charge is 2.23.